The fourth-order valence-corrected chi connectivity index (χ4v) is 2.75. The lowest BCUT2D eigenvalue weighted by molar-refractivity contribution is 0.0664. The number of urea groups is 1. The van der Waals surface area contributed by atoms with E-state index in [-0.39, 0.29) is 11.9 Å². The number of carbonyl (C=O) groups is 2. The highest BCUT2D eigenvalue weighted by atomic mass is 19.1. The van der Waals surface area contributed by atoms with Crippen molar-refractivity contribution in [3.63, 3.8) is 0 Å². The molecule has 1 aromatic heterocycles. The monoisotopic (exact) mass is 345 g/mol. The Hall–Kier alpha value is -2.90. The van der Waals surface area contributed by atoms with Crippen molar-refractivity contribution in [1.82, 2.24) is 25.3 Å². The predicted octanol–water partition coefficient (Wildman–Crippen LogP) is 1.52. The van der Waals surface area contributed by atoms with Crippen LogP contribution in [0.3, 0.4) is 0 Å². The maximum Gasteiger partial charge on any atom is 0.317 e. The van der Waals surface area contributed by atoms with Crippen molar-refractivity contribution in [2.45, 2.75) is 13.5 Å². The van der Waals surface area contributed by atoms with Crippen LogP contribution in [0, 0.1) is 12.7 Å². The van der Waals surface area contributed by atoms with Gasteiger partial charge in [0.25, 0.3) is 5.91 Å². The fourth-order valence-electron chi connectivity index (χ4n) is 2.75. The van der Waals surface area contributed by atoms with Crippen LogP contribution in [0.4, 0.5) is 9.18 Å². The van der Waals surface area contributed by atoms with Gasteiger partial charge in [-0.3, -0.25) is 9.89 Å². The van der Waals surface area contributed by atoms with Crippen LogP contribution in [0.2, 0.25) is 0 Å². The molecule has 0 aliphatic carbocycles. The number of aromatic amines is 1. The van der Waals surface area contributed by atoms with Crippen LogP contribution in [0.15, 0.2) is 30.5 Å². The number of halogens is 1. The molecule has 1 fully saturated rings. The molecule has 0 unspecified atom stereocenters. The molecule has 0 bridgehead atoms. The van der Waals surface area contributed by atoms with E-state index in [2.05, 4.69) is 15.5 Å². The van der Waals surface area contributed by atoms with Crippen LogP contribution in [0.25, 0.3) is 0 Å². The first-order valence-electron chi connectivity index (χ1n) is 8.11. The average molecular weight is 345 g/mol. The molecule has 0 atom stereocenters. The maximum absolute atomic E-state index is 13.3. The highest BCUT2D eigenvalue weighted by Gasteiger charge is 2.25. The lowest BCUT2D eigenvalue weighted by atomic mass is 10.2. The van der Waals surface area contributed by atoms with Crippen LogP contribution in [0.5, 0.6) is 0 Å². The molecule has 3 amide bonds. The normalized spacial score (nSPS) is 14.5. The van der Waals surface area contributed by atoms with Gasteiger partial charge in [-0.25, -0.2) is 9.18 Å². The van der Waals surface area contributed by atoms with Crippen LogP contribution in [-0.2, 0) is 6.54 Å². The Kier molecular flexibility index (Phi) is 4.97. The Morgan fingerprint density at radius 2 is 1.96 bits per heavy atom. The van der Waals surface area contributed by atoms with E-state index in [9.17, 15) is 14.0 Å². The van der Waals surface area contributed by atoms with Gasteiger partial charge >= 0.3 is 6.03 Å². The summed E-state index contributed by atoms with van der Waals surface area (Å²) in [5.74, 6) is -0.646. The lowest BCUT2D eigenvalue weighted by Gasteiger charge is -2.34. The zero-order valence-electron chi connectivity index (χ0n) is 14.0. The van der Waals surface area contributed by atoms with Gasteiger partial charge in [-0.15, -0.1) is 0 Å². The molecule has 7 nitrogen and oxygen atoms in total. The first kappa shape index (κ1) is 16.9. The number of hydrogen-bond donors (Lipinski definition) is 2. The summed E-state index contributed by atoms with van der Waals surface area (Å²) in [5, 5.41) is 9.59. The number of piperazine rings is 1. The molecule has 1 aliphatic heterocycles. The number of aryl methyl sites for hydroxylation is 1. The van der Waals surface area contributed by atoms with Crippen molar-refractivity contribution in [2.75, 3.05) is 26.2 Å². The first-order valence-corrected chi connectivity index (χ1v) is 8.11. The smallest absolute Gasteiger partial charge is 0.317 e. The quantitative estimate of drug-likeness (QED) is 0.885. The zero-order valence-corrected chi connectivity index (χ0v) is 14.0. The summed E-state index contributed by atoms with van der Waals surface area (Å²) in [6.45, 7) is 4.03. The Morgan fingerprint density at radius 3 is 2.60 bits per heavy atom. The fraction of sp³-hybridized carbons (Fsp3) is 0.353. The molecule has 2 aromatic rings. The maximum atomic E-state index is 13.3. The summed E-state index contributed by atoms with van der Waals surface area (Å²) in [6.07, 6.45) is 1.69. The number of aromatic nitrogens is 2. The van der Waals surface area contributed by atoms with Gasteiger partial charge in [-0.2, -0.15) is 5.10 Å². The number of H-pyrrole nitrogens is 1. The number of benzene rings is 1. The summed E-state index contributed by atoms with van der Waals surface area (Å²) < 4.78 is 13.3. The third kappa shape index (κ3) is 3.96. The van der Waals surface area contributed by atoms with Gasteiger partial charge in [0.05, 0.1) is 6.20 Å². The van der Waals surface area contributed by atoms with Crippen LogP contribution in [0.1, 0.15) is 21.6 Å². The summed E-state index contributed by atoms with van der Waals surface area (Å²) in [5.41, 5.74) is 2.19. The zero-order chi connectivity index (χ0) is 17.8. The number of nitrogens with one attached hydrogen (secondary N) is 2. The largest absolute Gasteiger partial charge is 0.335 e. The van der Waals surface area contributed by atoms with E-state index in [1.807, 2.05) is 6.92 Å². The third-order valence-electron chi connectivity index (χ3n) is 4.29. The predicted molar refractivity (Wildman–Crippen MR) is 89.4 cm³/mol. The van der Waals surface area contributed by atoms with Crippen LogP contribution < -0.4 is 5.32 Å². The van der Waals surface area contributed by atoms with Crippen LogP contribution in [-0.4, -0.2) is 58.1 Å². The highest BCUT2D eigenvalue weighted by Crippen LogP contribution is 2.11. The third-order valence-corrected chi connectivity index (χ3v) is 4.29. The first-order chi connectivity index (χ1) is 12.0. The Bertz CT molecular complexity index is 768. The second kappa shape index (κ2) is 7.33. The molecule has 1 aromatic carbocycles. The molecule has 0 radical (unpaired) electrons. The summed E-state index contributed by atoms with van der Waals surface area (Å²) in [4.78, 5) is 27.9. The molecular weight excluding hydrogens is 325 g/mol. The number of amides is 3. The van der Waals surface area contributed by atoms with Crippen LogP contribution >= 0.6 is 0 Å². The Balaban J connectivity index is 1.50. The van der Waals surface area contributed by atoms with Gasteiger partial charge in [-0.1, -0.05) is 6.07 Å². The molecule has 1 aliphatic rings. The van der Waals surface area contributed by atoms with E-state index in [0.717, 1.165) is 11.3 Å². The second-order valence-corrected chi connectivity index (χ2v) is 5.97. The topological polar surface area (TPSA) is 81.3 Å². The van der Waals surface area contributed by atoms with E-state index in [1.54, 1.807) is 22.1 Å². The van der Waals surface area contributed by atoms with Crippen molar-refractivity contribution in [3.8, 4) is 0 Å². The van der Waals surface area contributed by atoms with Crippen molar-refractivity contribution in [2.24, 2.45) is 0 Å². The average Bonchev–Trinajstić information content (AvgIpc) is 3.04. The molecule has 1 saturated heterocycles. The van der Waals surface area contributed by atoms with Crippen molar-refractivity contribution in [3.05, 3.63) is 53.1 Å². The van der Waals surface area contributed by atoms with E-state index in [1.165, 1.54) is 18.2 Å². The van der Waals surface area contributed by atoms with Gasteiger partial charge in [0.1, 0.15) is 5.82 Å². The summed E-state index contributed by atoms with van der Waals surface area (Å²) >= 11 is 0. The van der Waals surface area contributed by atoms with E-state index in [4.69, 9.17) is 0 Å². The van der Waals surface area contributed by atoms with Crippen molar-refractivity contribution in [1.29, 1.82) is 0 Å². The molecule has 3 rings (SSSR count). The summed E-state index contributed by atoms with van der Waals surface area (Å²) in [7, 11) is 0. The van der Waals surface area contributed by atoms with E-state index < -0.39 is 5.82 Å². The van der Waals surface area contributed by atoms with E-state index in [0.29, 0.717) is 38.3 Å². The second-order valence-electron chi connectivity index (χ2n) is 5.97. The lowest BCUT2D eigenvalue weighted by Crippen LogP contribution is -2.53. The Morgan fingerprint density at radius 1 is 1.24 bits per heavy atom. The summed E-state index contributed by atoms with van der Waals surface area (Å²) in [6, 6.07) is 5.48. The molecule has 0 saturated carbocycles. The number of nitrogens with zero attached hydrogens (tertiary/aromatic N) is 3. The Labute approximate surface area is 144 Å². The molecule has 0 spiro atoms. The number of hydrogen-bond acceptors (Lipinski definition) is 3. The van der Waals surface area contributed by atoms with Gasteiger partial charge in [0.15, 0.2) is 0 Å². The van der Waals surface area contributed by atoms with Gasteiger partial charge in [0.2, 0.25) is 0 Å². The molecule has 8 heteroatoms. The SMILES string of the molecule is Cc1[nH]ncc1CNC(=O)N1CCN(C(=O)c2cccc(F)c2)CC1. The minimum absolute atomic E-state index is 0.168. The van der Waals surface area contributed by atoms with Crippen molar-refractivity contribution >= 4 is 11.9 Å². The highest BCUT2D eigenvalue weighted by molar-refractivity contribution is 5.94. The molecule has 2 N–H and O–H groups in total. The van der Waals surface area contributed by atoms with Crippen molar-refractivity contribution < 1.29 is 14.0 Å². The molecule has 2 heterocycles. The minimum Gasteiger partial charge on any atom is -0.335 e. The number of carbonyl (C=O) groups excluding carboxylic acids is 2. The van der Waals surface area contributed by atoms with Gasteiger partial charge in [-0.05, 0) is 25.1 Å². The minimum atomic E-state index is -0.432. The molecular formula is C17H20FN5O2. The van der Waals surface area contributed by atoms with Gasteiger partial charge in [0, 0.05) is 49.5 Å². The van der Waals surface area contributed by atoms with E-state index >= 15 is 0 Å². The number of rotatable bonds is 3. The molecule has 132 valence electrons. The van der Waals surface area contributed by atoms with Gasteiger partial charge < -0.3 is 15.1 Å². The standard InChI is InChI=1S/C17H20FN5O2/c1-12-14(11-20-21-12)10-19-17(25)23-7-5-22(6-8-23)16(24)13-3-2-4-15(18)9-13/h2-4,9,11H,5-8,10H2,1H3,(H,19,25)(H,20,21). The molecule has 25 heavy (non-hydrogen) atoms.